The molecule has 2 heterocycles. The van der Waals surface area contributed by atoms with Crippen LogP contribution in [0, 0.1) is 0 Å². The second-order valence-electron chi connectivity index (χ2n) is 5.75. The van der Waals surface area contributed by atoms with Gasteiger partial charge in [-0.25, -0.2) is 0 Å². The highest BCUT2D eigenvalue weighted by Gasteiger charge is 2.44. The molecule has 0 spiro atoms. The van der Waals surface area contributed by atoms with Gasteiger partial charge in [0.05, 0.1) is 19.3 Å². The Hall–Kier alpha value is -1.69. The third kappa shape index (κ3) is 3.32. The van der Waals surface area contributed by atoms with Crippen LogP contribution in [0.1, 0.15) is 28.9 Å². The quantitative estimate of drug-likeness (QED) is 0.885. The number of rotatable bonds is 6. The van der Waals surface area contributed by atoms with Crippen LogP contribution < -0.4 is 0 Å². The van der Waals surface area contributed by atoms with Crippen molar-refractivity contribution in [3.63, 3.8) is 0 Å². The van der Waals surface area contributed by atoms with Crippen LogP contribution in [0.25, 0.3) is 0 Å². The van der Waals surface area contributed by atoms with Gasteiger partial charge in [-0.05, 0) is 17.0 Å². The molecule has 1 amide bonds. The number of carbonyl (C=O) groups is 1. The average Bonchev–Trinajstić information content (AvgIpc) is 3.20. The fourth-order valence-corrected chi connectivity index (χ4v) is 4.11. The molecule has 1 aromatic carbocycles. The molecular formula is C18H21NO3S. The van der Waals surface area contributed by atoms with Crippen LogP contribution in [0.4, 0.5) is 0 Å². The van der Waals surface area contributed by atoms with Crippen molar-refractivity contribution in [2.24, 2.45) is 0 Å². The molecule has 3 atom stereocenters. The lowest BCUT2D eigenvalue weighted by atomic mass is 9.88. The van der Waals surface area contributed by atoms with Gasteiger partial charge in [0.2, 0.25) is 5.91 Å². The van der Waals surface area contributed by atoms with Crippen LogP contribution in [0.15, 0.2) is 47.8 Å². The van der Waals surface area contributed by atoms with E-state index in [1.54, 1.807) is 16.2 Å². The number of hydrogen-bond donors (Lipinski definition) is 1. The molecule has 1 aliphatic rings. The number of aliphatic hydroxyl groups is 1. The van der Waals surface area contributed by atoms with Gasteiger partial charge in [0.1, 0.15) is 6.10 Å². The van der Waals surface area contributed by atoms with E-state index in [4.69, 9.17) is 9.84 Å². The van der Waals surface area contributed by atoms with E-state index in [9.17, 15) is 4.79 Å². The van der Waals surface area contributed by atoms with Crippen LogP contribution in [0.2, 0.25) is 0 Å². The van der Waals surface area contributed by atoms with Gasteiger partial charge in [0, 0.05) is 24.3 Å². The highest BCUT2D eigenvalue weighted by Crippen LogP contribution is 2.42. The predicted molar refractivity (Wildman–Crippen MR) is 90.5 cm³/mol. The molecule has 5 heteroatoms. The molecule has 1 aliphatic heterocycles. The molecule has 1 saturated heterocycles. The molecule has 1 aromatic heterocycles. The van der Waals surface area contributed by atoms with Crippen LogP contribution in [0.3, 0.4) is 0 Å². The highest BCUT2D eigenvalue weighted by atomic mass is 32.1. The predicted octanol–water partition coefficient (Wildman–Crippen LogP) is 2.81. The maximum atomic E-state index is 12.3. The van der Waals surface area contributed by atoms with Crippen molar-refractivity contribution in [3.8, 4) is 0 Å². The summed E-state index contributed by atoms with van der Waals surface area (Å²) in [4.78, 5) is 15.2. The Labute approximate surface area is 140 Å². The summed E-state index contributed by atoms with van der Waals surface area (Å²) in [7, 11) is 1.85. The smallest absolute Gasteiger partial charge is 0.223 e. The lowest BCUT2D eigenvalue weighted by Gasteiger charge is -2.32. The normalized spacial score (nSPS) is 22.5. The maximum Gasteiger partial charge on any atom is 0.223 e. The molecule has 122 valence electrons. The summed E-state index contributed by atoms with van der Waals surface area (Å²) in [6.45, 7) is 0.241. The topological polar surface area (TPSA) is 49.8 Å². The van der Waals surface area contributed by atoms with Crippen molar-refractivity contribution in [1.29, 1.82) is 0 Å². The van der Waals surface area contributed by atoms with E-state index in [0.717, 1.165) is 10.4 Å². The molecule has 0 saturated carbocycles. The third-order valence-corrected chi connectivity index (χ3v) is 5.33. The number of nitrogens with zero attached hydrogens (tertiary/aromatic N) is 1. The second-order valence-corrected chi connectivity index (χ2v) is 6.73. The summed E-state index contributed by atoms with van der Waals surface area (Å²) in [5.74, 6) is 0.234. The van der Waals surface area contributed by atoms with Gasteiger partial charge in [-0.3, -0.25) is 4.79 Å². The van der Waals surface area contributed by atoms with Gasteiger partial charge in [0.15, 0.2) is 0 Å². The number of amides is 1. The molecule has 2 aromatic rings. The van der Waals surface area contributed by atoms with Crippen molar-refractivity contribution in [2.45, 2.75) is 24.5 Å². The fourth-order valence-electron chi connectivity index (χ4n) is 3.30. The number of carbonyl (C=O) groups excluding carboxylic acids is 1. The first kappa shape index (κ1) is 16.2. The van der Waals surface area contributed by atoms with E-state index >= 15 is 0 Å². The second kappa shape index (κ2) is 7.25. The summed E-state index contributed by atoms with van der Waals surface area (Å²) >= 11 is 1.62. The van der Waals surface area contributed by atoms with Crippen LogP contribution in [0.5, 0.6) is 0 Å². The third-order valence-electron chi connectivity index (χ3n) is 4.40. The lowest BCUT2D eigenvalue weighted by molar-refractivity contribution is -0.129. The van der Waals surface area contributed by atoms with Gasteiger partial charge in [0.25, 0.3) is 0 Å². The van der Waals surface area contributed by atoms with E-state index < -0.39 is 0 Å². The first-order valence-electron chi connectivity index (χ1n) is 7.79. The molecule has 0 aliphatic carbocycles. The van der Waals surface area contributed by atoms with Crippen molar-refractivity contribution in [1.82, 2.24) is 4.90 Å². The van der Waals surface area contributed by atoms with Crippen molar-refractivity contribution in [2.75, 3.05) is 20.3 Å². The number of likely N-dealkylation sites (N-methyl/N-ethyl adjacent to an activating group) is 1. The number of ether oxygens (including phenoxy) is 1. The SMILES string of the molecule is CN1C(=O)C[C@H](c2ccccc2)[C@@H]1[C@@H](OCCO)c1cccs1. The van der Waals surface area contributed by atoms with Gasteiger partial charge >= 0.3 is 0 Å². The summed E-state index contributed by atoms with van der Waals surface area (Å²) in [5.41, 5.74) is 1.16. The first-order valence-corrected chi connectivity index (χ1v) is 8.67. The van der Waals surface area contributed by atoms with Crippen molar-refractivity contribution < 1.29 is 14.6 Å². The fraction of sp³-hybridized carbons (Fsp3) is 0.389. The number of thiophene rings is 1. The molecule has 4 nitrogen and oxygen atoms in total. The Kier molecular flexibility index (Phi) is 5.10. The number of aliphatic hydroxyl groups excluding tert-OH is 1. The molecule has 0 radical (unpaired) electrons. The standard InChI is InChI=1S/C18H21NO3S/c1-19-16(21)12-14(13-6-3-2-4-7-13)17(19)18(22-10-9-20)15-8-5-11-23-15/h2-8,11,14,17-18,20H,9-10,12H2,1H3/t14-,17-,18+/m1/s1. The molecule has 0 bridgehead atoms. The molecule has 23 heavy (non-hydrogen) atoms. The summed E-state index contributed by atoms with van der Waals surface area (Å²) in [5, 5.41) is 11.2. The Bertz CT molecular complexity index is 629. The first-order chi connectivity index (χ1) is 11.2. The molecule has 3 rings (SSSR count). The van der Waals surface area contributed by atoms with E-state index in [1.165, 1.54) is 0 Å². The average molecular weight is 331 g/mol. The van der Waals surface area contributed by atoms with E-state index in [1.807, 2.05) is 42.8 Å². The zero-order valence-corrected chi connectivity index (χ0v) is 13.9. The van der Waals surface area contributed by atoms with Gasteiger partial charge in [-0.15, -0.1) is 11.3 Å². The van der Waals surface area contributed by atoms with E-state index in [2.05, 4.69) is 12.1 Å². The van der Waals surface area contributed by atoms with Crippen LogP contribution in [-0.2, 0) is 9.53 Å². The summed E-state index contributed by atoms with van der Waals surface area (Å²) in [6, 6.07) is 14.1. The van der Waals surface area contributed by atoms with Crippen molar-refractivity contribution in [3.05, 3.63) is 58.3 Å². The van der Waals surface area contributed by atoms with Gasteiger partial charge < -0.3 is 14.7 Å². The minimum Gasteiger partial charge on any atom is -0.394 e. The Morgan fingerprint density at radius 2 is 2.09 bits per heavy atom. The zero-order chi connectivity index (χ0) is 16.2. The maximum absolute atomic E-state index is 12.3. The summed E-state index contributed by atoms with van der Waals surface area (Å²) < 4.78 is 5.96. The zero-order valence-electron chi connectivity index (χ0n) is 13.1. The lowest BCUT2D eigenvalue weighted by Crippen LogP contribution is -2.37. The monoisotopic (exact) mass is 331 g/mol. The van der Waals surface area contributed by atoms with E-state index in [-0.39, 0.29) is 37.2 Å². The molecule has 1 fully saturated rings. The molecular weight excluding hydrogens is 310 g/mol. The van der Waals surface area contributed by atoms with Crippen LogP contribution >= 0.6 is 11.3 Å². The Morgan fingerprint density at radius 1 is 1.30 bits per heavy atom. The Morgan fingerprint density at radius 3 is 2.74 bits per heavy atom. The van der Waals surface area contributed by atoms with Crippen LogP contribution in [-0.4, -0.2) is 42.2 Å². The van der Waals surface area contributed by atoms with Gasteiger partial charge in [-0.2, -0.15) is 0 Å². The Balaban J connectivity index is 1.95. The van der Waals surface area contributed by atoms with Gasteiger partial charge in [-0.1, -0.05) is 36.4 Å². The highest BCUT2D eigenvalue weighted by molar-refractivity contribution is 7.10. The molecule has 1 N–H and O–H groups in total. The number of likely N-dealkylation sites (tertiary alicyclic amines) is 1. The molecule has 0 unspecified atom stereocenters. The minimum atomic E-state index is -0.219. The van der Waals surface area contributed by atoms with E-state index in [0.29, 0.717) is 6.42 Å². The number of hydrogen-bond acceptors (Lipinski definition) is 4. The number of benzene rings is 1. The van der Waals surface area contributed by atoms with Crippen molar-refractivity contribution >= 4 is 17.2 Å². The minimum absolute atomic E-state index is 0.0255. The summed E-state index contributed by atoms with van der Waals surface area (Å²) in [6.07, 6.45) is 0.277. The largest absolute Gasteiger partial charge is 0.394 e.